The molecule has 0 saturated heterocycles. The Morgan fingerprint density at radius 1 is 0.773 bits per heavy atom. The molecule has 1 nitrogen and oxygen atoms in total. The first kappa shape index (κ1) is 14.8. The smallest absolute Gasteiger partial charge is 0.0687 e. The van der Waals surface area contributed by atoms with E-state index in [1.54, 1.807) is 0 Å². The molecule has 0 atom stereocenters. The highest BCUT2D eigenvalue weighted by atomic mass is 16.3. The molecule has 2 aromatic carbocycles. The maximum atomic E-state index is 9.65. The Kier molecular flexibility index (Phi) is 4.00. The van der Waals surface area contributed by atoms with Crippen molar-refractivity contribution in [3.8, 4) is 11.1 Å². The van der Waals surface area contributed by atoms with Crippen LogP contribution in [0.3, 0.4) is 0 Å². The van der Waals surface area contributed by atoms with Crippen LogP contribution in [-0.4, -0.2) is 5.11 Å². The van der Waals surface area contributed by atoms with Gasteiger partial charge in [-0.2, -0.15) is 0 Å². The highest BCUT2D eigenvalue weighted by Crippen LogP contribution is 2.41. The molecular weight excluding hydrogens is 268 g/mol. The van der Waals surface area contributed by atoms with E-state index in [0.717, 1.165) is 17.5 Å². The fraction of sp³-hybridized carbons (Fsp3) is 0.238. The van der Waals surface area contributed by atoms with Crippen molar-refractivity contribution in [1.82, 2.24) is 0 Å². The van der Waals surface area contributed by atoms with E-state index in [0.29, 0.717) is 0 Å². The Hall–Kier alpha value is -2.12. The molecule has 112 valence electrons. The summed E-state index contributed by atoms with van der Waals surface area (Å²) in [7, 11) is 0. The van der Waals surface area contributed by atoms with Crippen LogP contribution in [0.5, 0.6) is 0 Å². The number of hydrogen-bond acceptors (Lipinski definition) is 1. The molecule has 0 aliphatic heterocycles. The van der Waals surface area contributed by atoms with E-state index < -0.39 is 0 Å². The first-order valence-electron chi connectivity index (χ1n) is 7.78. The van der Waals surface area contributed by atoms with Crippen LogP contribution in [-0.2, 0) is 6.61 Å². The summed E-state index contributed by atoms with van der Waals surface area (Å²) in [5.74, 6) is 0. The Balaban J connectivity index is 2.18. The standard InChI is InChI=1S/C21H22O/c1-14-12-21(16(3)15(14)2)20-11-7-6-10-19(20)18-9-5-4-8-17(18)13-22/h4-11,22H,12-13H2,1-3H3. The lowest BCUT2D eigenvalue weighted by atomic mass is 9.90. The van der Waals surface area contributed by atoms with E-state index in [-0.39, 0.29) is 6.61 Å². The summed E-state index contributed by atoms with van der Waals surface area (Å²) in [5, 5.41) is 9.65. The number of aliphatic hydroxyl groups excluding tert-OH is 1. The van der Waals surface area contributed by atoms with Gasteiger partial charge in [0, 0.05) is 0 Å². The summed E-state index contributed by atoms with van der Waals surface area (Å²) in [4.78, 5) is 0. The molecular formula is C21H22O. The van der Waals surface area contributed by atoms with Gasteiger partial charge >= 0.3 is 0 Å². The Labute approximate surface area is 132 Å². The molecule has 1 N–H and O–H groups in total. The largest absolute Gasteiger partial charge is 0.392 e. The highest BCUT2D eigenvalue weighted by molar-refractivity contribution is 5.87. The van der Waals surface area contributed by atoms with Crippen molar-refractivity contribution in [2.45, 2.75) is 33.8 Å². The molecule has 1 aliphatic rings. The minimum absolute atomic E-state index is 0.0683. The zero-order valence-electron chi connectivity index (χ0n) is 13.5. The Bertz CT molecular complexity index is 778. The molecule has 0 amide bonds. The van der Waals surface area contributed by atoms with E-state index in [4.69, 9.17) is 0 Å². The highest BCUT2D eigenvalue weighted by Gasteiger charge is 2.20. The predicted octanol–water partition coefficient (Wildman–Crippen LogP) is 5.36. The summed E-state index contributed by atoms with van der Waals surface area (Å²) in [6.45, 7) is 6.72. The Morgan fingerprint density at radius 3 is 1.95 bits per heavy atom. The van der Waals surface area contributed by atoms with Crippen molar-refractivity contribution in [3.05, 3.63) is 76.4 Å². The van der Waals surface area contributed by atoms with Gasteiger partial charge in [0.25, 0.3) is 0 Å². The van der Waals surface area contributed by atoms with Gasteiger partial charge in [0.1, 0.15) is 0 Å². The fourth-order valence-electron chi connectivity index (χ4n) is 3.28. The summed E-state index contributed by atoms with van der Waals surface area (Å²) in [5.41, 5.74) is 10.3. The first-order valence-corrected chi connectivity index (χ1v) is 7.78. The maximum Gasteiger partial charge on any atom is 0.0687 e. The summed E-state index contributed by atoms with van der Waals surface area (Å²) < 4.78 is 0. The van der Waals surface area contributed by atoms with E-state index in [9.17, 15) is 5.11 Å². The molecule has 0 saturated carbocycles. The van der Waals surface area contributed by atoms with Crippen LogP contribution in [0.2, 0.25) is 0 Å². The third-order valence-corrected chi connectivity index (χ3v) is 4.83. The number of hydrogen-bond donors (Lipinski definition) is 1. The van der Waals surface area contributed by atoms with Crippen LogP contribution in [0.4, 0.5) is 0 Å². The zero-order valence-corrected chi connectivity index (χ0v) is 13.5. The van der Waals surface area contributed by atoms with Gasteiger partial charge in [-0.15, -0.1) is 0 Å². The Morgan fingerprint density at radius 2 is 1.36 bits per heavy atom. The van der Waals surface area contributed by atoms with Gasteiger partial charge in [0.2, 0.25) is 0 Å². The fourth-order valence-corrected chi connectivity index (χ4v) is 3.28. The van der Waals surface area contributed by atoms with Gasteiger partial charge in [-0.1, -0.05) is 54.1 Å². The lowest BCUT2D eigenvalue weighted by Crippen LogP contribution is -1.94. The predicted molar refractivity (Wildman–Crippen MR) is 93.4 cm³/mol. The van der Waals surface area contributed by atoms with Gasteiger partial charge in [0.15, 0.2) is 0 Å². The van der Waals surface area contributed by atoms with Crippen molar-refractivity contribution in [2.24, 2.45) is 0 Å². The van der Waals surface area contributed by atoms with Crippen molar-refractivity contribution in [3.63, 3.8) is 0 Å². The van der Waals surface area contributed by atoms with Crippen molar-refractivity contribution < 1.29 is 5.11 Å². The third kappa shape index (κ3) is 2.42. The third-order valence-electron chi connectivity index (χ3n) is 4.83. The van der Waals surface area contributed by atoms with E-state index >= 15 is 0 Å². The van der Waals surface area contributed by atoms with Crippen molar-refractivity contribution in [2.75, 3.05) is 0 Å². The second kappa shape index (κ2) is 5.94. The van der Waals surface area contributed by atoms with Crippen molar-refractivity contribution >= 4 is 5.57 Å². The number of allylic oxidation sites excluding steroid dienone is 4. The minimum atomic E-state index is 0.0683. The lowest BCUT2D eigenvalue weighted by Gasteiger charge is -2.15. The van der Waals surface area contributed by atoms with Crippen molar-refractivity contribution in [1.29, 1.82) is 0 Å². The molecule has 0 bridgehead atoms. The molecule has 22 heavy (non-hydrogen) atoms. The molecule has 0 fully saturated rings. The molecule has 1 aliphatic carbocycles. The lowest BCUT2D eigenvalue weighted by molar-refractivity contribution is 0.282. The van der Waals surface area contributed by atoms with E-state index in [1.165, 1.54) is 33.4 Å². The summed E-state index contributed by atoms with van der Waals surface area (Å²) in [6, 6.07) is 16.7. The summed E-state index contributed by atoms with van der Waals surface area (Å²) >= 11 is 0. The number of benzene rings is 2. The first-order chi connectivity index (χ1) is 10.6. The monoisotopic (exact) mass is 290 g/mol. The molecule has 3 rings (SSSR count). The summed E-state index contributed by atoms with van der Waals surface area (Å²) in [6.07, 6.45) is 1.02. The van der Waals surface area contributed by atoms with Crippen LogP contribution in [0.1, 0.15) is 38.3 Å². The molecule has 0 spiro atoms. The van der Waals surface area contributed by atoms with Gasteiger partial charge in [-0.25, -0.2) is 0 Å². The van der Waals surface area contributed by atoms with Gasteiger partial charge in [0.05, 0.1) is 6.61 Å². The van der Waals surface area contributed by atoms with Gasteiger partial charge < -0.3 is 5.11 Å². The average Bonchev–Trinajstić information content (AvgIpc) is 2.82. The average molecular weight is 290 g/mol. The molecule has 1 heteroatoms. The SMILES string of the molecule is CC1=C(C)C(C)=C(c2ccccc2-c2ccccc2CO)C1. The van der Waals surface area contributed by atoms with Crippen LogP contribution < -0.4 is 0 Å². The number of rotatable bonds is 3. The molecule has 2 aromatic rings. The van der Waals surface area contributed by atoms with Crippen LogP contribution in [0.15, 0.2) is 65.3 Å². The normalized spacial score (nSPS) is 14.9. The number of aliphatic hydroxyl groups is 1. The van der Waals surface area contributed by atoms with E-state index in [2.05, 4.69) is 51.1 Å². The molecule has 0 radical (unpaired) electrons. The quantitative estimate of drug-likeness (QED) is 0.806. The molecule has 0 aromatic heterocycles. The minimum Gasteiger partial charge on any atom is -0.392 e. The molecule has 0 unspecified atom stereocenters. The van der Waals surface area contributed by atoms with E-state index in [1.807, 2.05) is 18.2 Å². The molecule has 0 heterocycles. The van der Waals surface area contributed by atoms with Crippen LogP contribution in [0.25, 0.3) is 16.7 Å². The van der Waals surface area contributed by atoms with Crippen LogP contribution in [0, 0.1) is 0 Å². The maximum absolute atomic E-state index is 9.65. The van der Waals surface area contributed by atoms with Gasteiger partial charge in [-0.05, 0) is 66.2 Å². The van der Waals surface area contributed by atoms with Gasteiger partial charge in [-0.3, -0.25) is 0 Å². The topological polar surface area (TPSA) is 20.2 Å². The van der Waals surface area contributed by atoms with Crippen LogP contribution >= 0.6 is 0 Å². The second-order valence-electron chi connectivity index (χ2n) is 6.05. The second-order valence-corrected chi connectivity index (χ2v) is 6.05. The zero-order chi connectivity index (χ0) is 15.7.